The van der Waals surface area contributed by atoms with Crippen LogP contribution in [-0.4, -0.2) is 4.92 Å². The minimum atomic E-state index is -0.385. The molecule has 19 heavy (non-hydrogen) atoms. The average molecular weight is 256 g/mol. The summed E-state index contributed by atoms with van der Waals surface area (Å²) in [7, 11) is 0. The van der Waals surface area contributed by atoms with Crippen molar-refractivity contribution in [2.24, 2.45) is 5.73 Å². The molecular formula is C15H16N2O2. The van der Waals surface area contributed by atoms with Crippen LogP contribution in [-0.2, 0) is 0 Å². The summed E-state index contributed by atoms with van der Waals surface area (Å²) in [5.74, 6) is 0.0160. The smallest absolute Gasteiger partial charge is 0.269 e. The molecule has 2 aromatic carbocycles. The molecule has 0 aromatic heterocycles. The Bertz CT molecular complexity index is 569. The molecule has 0 bridgehead atoms. The van der Waals surface area contributed by atoms with Crippen LogP contribution in [0.4, 0.5) is 5.69 Å². The van der Waals surface area contributed by atoms with Crippen molar-refractivity contribution in [1.82, 2.24) is 0 Å². The lowest BCUT2D eigenvalue weighted by molar-refractivity contribution is -0.384. The van der Waals surface area contributed by atoms with Crippen LogP contribution in [0.1, 0.15) is 30.0 Å². The summed E-state index contributed by atoms with van der Waals surface area (Å²) in [5, 5.41) is 10.8. The average Bonchev–Trinajstić information content (AvgIpc) is 2.46. The quantitative estimate of drug-likeness (QED) is 0.673. The zero-order chi connectivity index (χ0) is 13.8. The lowest BCUT2D eigenvalue weighted by Crippen LogP contribution is -2.17. The third-order valence-corrected chi connectivity index (χ3v) is 3.33. The van der Waals surface area contributed by atoms with Gasteiger partial charge in [-0.2, -0.15) is 0 Å². The first-order chi connectivity index (χ1) is 9.09. The Hall–Kier alpha value is -2.20. The minimum absolute atomic E-state index is 0.0160. The van der Waals surface area contributed by atoms with Gasteiger partial charge in [-0.1, -0.05) is 49.4 Å². The Kier molecular flexibility index (Phi) is 3.92. The highest BCUT2D eigenvalue weighted by Gasteiger charge is 2.18. The van der Waals surface area contributed by atoms with Crippen LogP contribution in [0.2, 0.25) is 0 Å². The predicted molar refractivity (Wildman–Crippen MR) is 74.9 cm³/mol. The number of nitro groups is 1. The summed E-state index contributed by atoms with van der Waals surface area (Å²) < 4.78 is 0. The van der Waals surface area contributed by atoms with E-state index in [1.807, 2.05) is 43.3 Å². The Morgan fingerprint density at radius 2 is 1.68 bits per heavy atom. The monoisotopic (exact) mass is 256 g/mol. The van der Waals surface area contributed by atoms with Gasteiger partial charge in [-0.15, -0.1) is 0 Å². The Labute approximate surface area is 112 Å². The van der Waals surface area contributed by atoms with Gasteiger partial charge in [0, 0.05) is 24.1 Å². The molecule has 2 N–H and O–H groups in total. The van der Waals surface area contributed by atoms with E-state index in [0.29, 0.717) is 0 Å². The Balaban J connectivity index is 2.26. The number of hydrogen-bond acceptors (Lipinski definition) is 3. The van der Waals surface area contributed by atoms with Gasteiger partial charge < -0.3 is 5.73 Å². The highest BCUT2D eigenvalue weighted by atomic mass is 16.6. The standard InChI is InChI=1S/C15H16N2O2/c1-11(15(16)12-6-3-2-4-7-12)13-8-5-9-14(10-13)17(18)19/h2-11,15H,16H2,1H3. The van der Waals surface area contributed by atoms with Gasteiger partial charge in [0.25, 0.3) is 5.69 Å². The second-order valence-corrected chi connectivity index (χ2v) is 4.58. The van der Waals surface area contributed by atoms with E-state index in [4.69, 9.17) is 5.73 Å². The van der Waals surface area contributed by atoms with Gasteiger partial charge in [-0.25, -0.2) is 0 Å². The Morgan fingerprint density at radius 3 is 2.32 bits per heavy atom. The summed E-state index contributed by atoms with van der Waals surface area (Å²) in [6.45, 7) is 1.98. The molecule has 0 radical (unpaired) electrons. The van der Waals surface area contributed by atoms with Gasteiger partial charge in [-0.3, -0.25) is 10.1 Å². The van der Waals surface area contributed by atoms with Crippen LogP contribution in [0.25, 0.3) is 0 Å². The van der Waals surface area contributed by atoms with Crippen LogP contribution >= 0.6 is 0 Å². The van der Waals surface area contributed by atoms with E-state index < -0.39 is 0 Å². The van der Waals surface area contributed by atoms with Crippen LogP contribution in [0.3, 0.4) is 0 Å². The molecule has 0 spiro atoms. The molecule has 0 fully saturated rings. The lowest BCUT2D eigenvalue weighted by atomic mass is 9.89. The molecule has 4 heteroatoms. The molecule has 2 aromatic rings. The van der Waals surface area contributed by atoms with Gasteiger partial charge in [-0.05, 0) is 11.1 Å². The summed E-state index contributed by atoms with van der Waals surface area (Å²) >= 11 is 0. The van der Waals surface area contributed by atoms with Gasteiger partial charge in [0.1, 0.15) is 0 Å². The molecular weight excluding hydrogens is 240 g/mol. The van der Waals surface area contributed by atoms with Gasteiger partial charge in [0.2, 0.25) is 0 Å². The van der Waals surface area contributed by atoms with E-state index in [9.17, 15) is 10.1 Å². The van der Waals surface area contributed by atoms with Crippen LogP contribution in [0.15, 0.2) is 54.6 Å². The minimum Gasteiger partial charge on any atom is -0.323 e. The maximum absolute atomic E-state index is 10.8. The molecule has 0 aliphatic carbocycles. The molecule has 0 saturated heterocycles. The molecule has 0 heterocycles. The van der Waals surface area contributed by atoms with E-state index in [-0.39, 0.29) is 22.6 Å². The molecule has 0 aliphatic rings. The zero-order valence-corrected chi connectivity index (χ0v) is 10.7. The number of non-ortho nitro benzene ring substituents is 1. The normalized spacial score (nSPS) is 13.8. The maximum Gasteiger partial charge on any atom is 0.269 e. The number of nitro benzene ring substituents is 1. The summed E-state index contributed by atoms with van der Waals surface area (Å²) in [4.78, 5) is 10.4. The molecule has 0 aliphatic heterocycles. The first-order valence-corrected chi connectivity index (χ1v) is 6.14. The number of rotatable bonds is 4. The van der Waals surface area contributed by atoms with Crippen molar-refractivity contribution in [1.29, 1.82) is 0 Å². The van der Waals surface area contributed by atoms with Gasteiger partial charge in [0.15, 0.2) is 0 Å². The molecule has 2 rings (SSSR count). The third-order valence-electron chi connectivity index (χ3n) is 3.33. The van der Waals surface area contributed by atoms with Crippen LogP contribution in [0, 0.1) is 10.1 Å². The van der Waals surface area contributed by atoms with E-state index in [0.717, 1.165) is 11.1 Å². The predicted octanol–water partition coefficient (Wildman–Crippen LogP) is 3.40. The van der Waals surface area contributed by atoms with Gasteiger partial charge in [0.05, 0.1) is 4.92 Å². The second kappa shape index (κ2) is 5.63. The first-order valence-electron chi connectivity index (χ1n) is 6.14. The van der Waals surface area contributed by atoms with Crippen molar-refractivity contribution in [3.63, 3.8) is 0 Å². The van der Waals surface area contributed by atoms with Crippen LogP contribution in [0.5, 0.6) is 0 Å². The number of nitrogens with zero attached hydrogens (tertiary/aromatic N) is 1. The van der Waals surface area contributed by atoms with Crippen molar-refractivity contribution in [3.8, 4) is 0 Å². The maximum atomic E-state index is 10.8. The molecule has 2 atom stereocenters. The highest BCUT2D eigenvalue weighted by molar-refractivity contribution is 5.37. The molecule has 98 valence electrons. The van der Waals surface area contributed by atoms with Crippen molar-refractivity contribution < 1.29 is 4.92 Å². The van der Waals surface area contributed by atoms with Gasteiger partial charge >= 0.3 is 0 Å². The summed E-state index contributed by atoms with van der Waals surface area (Å²) in [5.41, 5.74) is 8.24. The van der Waals surface area contributed by atoms with Crippen molar-refractivity contribution >= 4 is 5.69 Å². The van der Waals surface area contributed by atoms with Crippen molar-refractivity contribution in [2.45, 2.75) is 18.9 Å². The fourth-order valence-corrected chi connectivity index (χ4v) is 2.09. The van der Waals surface area contributed by atoms with E-state index in [1.165, 1.54) is 6.07 Å². The van der Waals surface area contributed by atoms with Crippen LogP contribution < -0.4 is 5.73 Å². The van der Waals surface area contributed by atoms with Crippen molar-refractivity contribution in [2.75, 3.05) is 0 Å². The molecule has 0 amide bonds. The summed E-state index contributed by atoms with van der Waals surface area (Å²) in [6, 6.07) is 16.2. The zero-order valence-electron chi connectivity index (χ0n) is 10.7. The fourth-order valence-electron chi connectivity index (χ4n) is 2.09. The number of hydrogen-bond donors (Lipinski definition) is 1. The number of nitrogens with two attached hydrogens (primary N) is 1. The second-order valence-electron chi connectivity index (χ2n) is 4.58. The molecule has 4 nitrogen and oxygen atoms in total. The Morgan fingerprint density at radius 1 is 1.05 bits per heavy atom. The topological polar surface area (TPSA) is 69.2 Å². The SMILES string of the molecule is CC(c1cccc([N+](=O)[O-])c1)C(N)c1ccccc1. The first kappa shape index (κ1) is 13.2. The largest absolute Gasteiger partial charge is 0.323 e. The third kappa shape index (κ3) is 2.98. The number of benzene rings is 2. The van der Waals surface area contributed by atoms with E-state index >= 15 is 0 Å². The molecule has 2 unspecified atom stereocenters. The van der Waals surface area contributed by atoms with Crippen molar-refractivity contribution in [3.05, 3.63) is 75.8 Å². The van der Waals surface area contributed by atoms with E-state index in [2.05, 4.69) is 0 Å². The fraction of sp³-hybridized carbons (Fsp3) is 0.200. The highest BCUT2D eigenvalue weighted by Crippen LogP contribution is 2.30. The lowest BCUT2D eigenvalue weighted by Gasteiger charge is -2.20. The molecule has 0 saturated carbocycles. The summed E-state index contributed by atoms with van der Waals surface area (Å²) in [6.07, 6.45) is 0. The van der Waals surface area contributed by atoms with E-state index in [1.54, 1.807) is 12.1 Å².